The second-order valence-corrected chi connectivity index (χ2v) is 5.35. The molecule has 0 aliphatic carbocycles. The predicted molar refractivity (Wildman–Crippen MR) is 83.5 cm³/mol. The zero-order chi connectivity index (χ0) is 15.0. The van der Waals surface area contributed by atoms with E-state index in [1.807, 2.05) is 50.2 Å². The van der Waals surface area contributed by atoms with Gasteiger partial charge in [-0.15, -0.1) is 5.10 Å². The van der Waals surface area contributed by atoms with E-state index in [1.165, 1.54) is 0 Å². The lowest BCUT2D eigenvalue weighted by atomic mass is 10.1. The summed E-state index contributed by atoms with van der Waals surface area (Å²) in [4.78, 5) is 0. The van der Waals surface area contributed by atoms with Gasteiger partial charge in [-0.1, -0.05) is 29.3 Å². The van der Waals surface area contributed by atoms with Crippen LogP contribution in [0.4, 0.5) is 5.69 Å². The average molecular weight is 300 g/mol. The summed E-state index contributed by atoms with van der Waals surface area (Å²) in [7, 11) is 0. The van der Waals surface area contributed by atoms with E-state index in [2.05, 4.69) is 15.5 Å². The molecule has 0 saturated heterocycles. The third kappa shape index (κ3) is 2.48. The molecule has 2 N–H and O–H groups in total. The Bertz CT molecular complexity index is 810. The molecule has 0 atom stereocenters. The lowest BCUT2D eigenvalue weighted by molar-refractivity contribution is 0.791. The number of nitrogens with two attached hydrogens (primary N) is 1. The first-order valence-electron chi connectivity index (χ1n) is 6.47. The number of benzene rings is 2. The van der Waals surface area contributed by atoms with Gasteiger partial charge in [0.1, 0.15) is 0 Å². The molecule has 21 heavy (non-hydrogen) atoms. The van der Waals surface area contributed by atoms with Crippen LogP contribution in [0, 0.1) is 13.8 Å². The fourth-order valence-electron chi connectivity index (χ4n) is 2.11. The van der Waals surface area contributed by atoms with Gasteiger partial charge in [0.2, 0.25) is 0 Å². The van der Waals surface area contributed by atoms with Gasteiger partial charge in [0.05, 0.1) is 5.69 Å². The summed E-state index contributed by atoms with van der Waals surface area (Å²) in [6.45, 7) is 3.95. The smallest absolute Gasteiger partial charge is 0.189 e. The molecule has 106 valence electrons. The molecular formula is C15H14ClN5. The monoisotopic (exact) mass is 299 g/mol. The van der Waals surface area contributed by atoms with Crippen LogP contribution in [0.3, 0.4) is 0 Å². The van der Waals surface area contributed by atoms with E-state index in [0.717, 1.165) is 22.4 Å². The molecule has 3 rings (SSSR count). The predicted octanol–water partition coefficient (Wildman–Crippen LogP) is 3.18. The number of aryl methyl sites for hydroxylation is 2. The highest BCUT2D eigenvalue weighted by Gasteiger charge is 2.14. The Morgan fingerprint density at radius 1 is 1.10 bits per heavy atom. The normalized spacial score (nSPS) is 10.8. The Morgan fingerprint density at radius 3 is 2.67 bits per heavy atom. The van der Waals surface area contributed by atoms with Crippen LogP contribution in [-0.2, 0) is 0 Å². The Labute approximate surface area is 127 Å². The van der Waals surface area contributed by atoms with Gasteiger partial charge in [0.15, 0.2) is 5.82 Å². The molecule has 0 spiro atoms. The number of rotatable bonds is 2. The van der Waals surface area contributed by atoms with Crippen LogP contribution in [0.1, 0.15) is 11.1 Å². The van der Waals surface area contributed by atoms with Crippen molar-refractivity contribution >= 4 is 17.3 Å². The molecule has 1 heterocycles. The summed E-state index contributed by atoms with van der Waals surface area (Å²) < 4.78 is 1.64. The van der Waals surface area contributed by atoms with Gasteiger partial charge >= 0.3 is 0 Å². The quantitative estimate of drug-likeness (QED) is 0.738. The third-order valence-corrected chi connectivity index (χ3v) is 3.73. The molecule has 0 unspecified atom stereocenters. The van der Waals surface area contributed by atoms with Gasteiger partial charge in [-0.05, 0) is 54.1 Å². The van der Waals surface area contributed by atoms with Crippen molar-refractivity contribution in [2.24, 2.45) is 0 Å². The zero-order valence-electron chi connectivity index (χ0n) is 11.7. The maximum atomic E-state index is 6.18. The maximum absolute atomic E-state index is 6.18. The summed E-state index contributed by atoms with van der Waals surface area (Å²) in [5, 5.41) is 12.6. The molecule has 0 fully saturated rings. The van der Waals surface area contributed by atoms with Crippen molar-refractivity contribution in [1.29, 1.82) is 0 Å². The van der Waals surface area contributed by atoms with Crippen LogP contribution in [0.15, 0.2) is 36.4 Å². The Morgan fingerprint density at radius 2 is 1.90 bits per heavy atom. The first-order chi connectivity index (χ1) is 10.1. The summed E-state index contributed by atoms with van der Waals surface area (Å²) in [5.41, 5.74) is 10.4. The lowest BCUT2D eigenvalue weighted by Crippen LogP contribution is -2.02. The van der Waals surface area contributed by atoms with Crippen LogP contribution in [0.5, 0.6) is 0 Å². The first-order valence-corrected chi connectivity index (χ1v) is 6.85. The molecule has 0 bridgehead atoms. The molecular weight excluding hydrogens is 286 g/mol. The summed E-state index contributed by atoms with van der Waals surface area (Å²) >= 11 is 6.18. The van der Waals surface area contributed by atoms with Gasteiger partial charge in [0.25, 0.3) is 0 Å². The average Bonchev–Trinajstić information content (AvgIpc) is 2.93. The molecule has 0 saturated carbocycles. The SMILES string of the molecule is Cc1ccc(N)c(-c2nnnn2-c2ccc(C)c(Cl)c2)c1. The molecule has 1 aromatic heterocycles. The number of anilines is 1. The minimum Gasteiger partial charge on any atom is -0.398 e. The van der Waals surface area contributed by atoms with Crippen LogP contribution in [0.25, 0.3) is 17.1 Å². The van der Waals surface area contributed by atoms with E-state index < -0.39 is 0 Å². The van der Waals surface area contributed by atoms with E-state index in [9.17, 15) is 0 Å². The summed E-state index contributed by atoms with van der Waals surface area (Å²) in [5.74, 6) is 0.594. The van der Waals surface area contributed by atoms with E-state index in [4.69, 9.17) is 17.3 Å². The van der Waals surface area contributed by atoms with Crippen LogP contribution < -0.4 is 5.73 Å². The molecule has 0 amide bonds. The fourth-order valence-corrected chi connectivity index (χ4v) is 2.28. The van der Waals surface area contributed by atoms with E-state index in [0.29, 0.717) is 16.5 Å². The standard InChI is InChI=1S/C15H14ClN5/c1-9-3-6-14(17)12(7-9)15-18-19-20-21(15)11-5-4-10(2)13(16)8-11/h3-8H,17H2,1-2H3. The van der Waals surface area contributed by atoms with Crippen LogP contribution in [-0.4, -0.2) is 20.2 Å². The number of nitrogens with zero attached hydrogens (tertiary/aromatic N) is 4. The number of hydrogen-bond donors (Lipinski definition) is 1. The second kappa shape index (κ2) is 5.18. The molecule has 3 aromatic rings. The van der Waals surface area contributed by atoms with Crippen LogP contribution in [0.2, 0.25) is 5.02 Å². The van der Waals surface area contributed by atoms with Crippen molar-refractivity contribution in [1.82, 2.24) is 20.2 Å². The maximum Gasteiger partial charge on any atom is 0.189 e. The topological polar surface area (TPSA) is 69.6 Å². The molecule has 0 radical (unpaired) electrons. The molecule has 0 aliphatic rings. The van der Waals surface area contributed by atoms with E-state index >= 15 is 0 Å². The van der Waals surface area contributed by atoms with Crippen molar-refractivity contribution in [2.75, 3.05) is 5.73 Å². The Balaban J connectivity index is 2.17. The molecule has 2 aromatic carbocycles. The number of tetrazole rings is 1. The first kappa shape index (κ1) is 13.6. The minimum atomic E-state index is 0.594. The van der Waals surface area contributed by atoms with Gasteiger partial charge in [-0.3, -0.25) is 0 Å². The third-order valence-electron chi connectivity index (χ3n) is 3.32. The van der Waals surface area contributed by atoms with Gasteiger partial charge < -0.3 is 5.73 Å². The van der Waals surface area contributed by atoms with Crippen molar-refractivity contribution in [3.05, 3.63) is 52.5 Å². The summed E-state index contributed by atoms with van der Waals surface area (Å²) in [6, 6.07) is 11.5. The van der Waals surface area contributed by atoms with Crippen molar-refractivity contribution in [3.63, 3.8) is 0 Å². The Hall–Kier alpha value is -2.40. The number of nitrogen functional groups attached to an aromatic ring is 1. The van der Waals surface area contributed by atoms with Gasteiger partial charge in [0, 0.05) is 16.3 Å². The molecule has 6 heteroatoms. The number of aromatic nitrogens is 4. The number of halogens is 1. The number of hydrogen-bond acceptors (Lipinski definition) is 4. The molecule has 5 nitrogen and oxygen atoms in total. The lowest BCUT2D eigenvalue weighted by Gasteiger charge is -2.09. The van der Waals surface area contributed by atoms with E-state index in [1.54, 1.807) is 4.68 Å². The largest absolute Gasteiger partial charge is 0.398 e. The van der Waals surface area contributed by atoms with Gasteiger partial charge in [-0.25, -0.2) is 0 Å². The highest BCUT2D eigenvalue weighted by Crippen LogP contribution is 2.27. The fraction of sp³-hybridized carbons (Fsp3) is 0.133. The van der Waals surface area contributed by atoms with Gasteiger partial charge in [-0.2, -0.15) is 4.68 Å². The highest BCUT2D eigenvalue weighted by molar-refractivity contribution is 6.31. The van der Waals surface area contributed by atoms with Crippen molar-refractivity contribution in [2.45, 2.75) is 13.8 Å². The minimum absolute atomic E-state index is 0.594. The highest BCUT2D eigenvalue weighted by atomic mass is 35.5. The summed E-state index contributed by atoms with van der Waals surface area (Å²) in [6.07, 6.45) is 0. The zero-order valence-corrected chi connectivity index (χ0v) is 12.5. The van der Waals surface area contributed by atoms with E-state index in [-0.39, 0.29) is 0 Å². The van der Waals surface area contributed by atoms with Crippen molar-refractivity contribution in [3.8, 4) is 17.1 Å². The van der Waals surface area contributed by atoms with Crippen LogP contribution >= 0.6 is 11.6 Å². The second-order valence-electron chi connectivity index (χ2n) is 4.94. The van der Waals surface area contributed by atoms with Crippen molar-refractivity contribution < 1.29 is 0 Å². The Kier molecular flexibility index (Phi) is 3.35. The molecule has 0 aliphatic heterocycles.